The van der Waals surface area contributed by atoms with E-state index in [0.717, 1.165) is 44.1 Å². The lowest BCUT2D eigenvalue weighted by atomic mass is 9.71. The quantitative estimate of drug-likeness (QED) is 0.207. The molecule has 0 bridgehead atoms. The highest BCUT2D eigenvalue weighted by molar-refractivity contribution is 5.93. The Bertz CT molecular complexity index is 762. The van der Waals surface area contributed by atoms with Crippen molar-refractivity contribution in [1.82, 2.24) is 0 Å². The molecule has 0 saturated carbocycles. The minimum absolute atomic E-state index is 0.0366. The van der Waals surface area contributed by atoms with Gasteiger partial charge in [0.25, 0.3) is 0 Å². The summed E-state index contributed by atoms with van der Waals surface area (Å²) in [6, 6.07) is 10.3. The van der Waals surface area contributed by atoms with Gasteiger partial charge in [0.1, 0.15) is 0 Å². The first-order valence-electron chi connectivity index (χ1n) is 12.7. The van der Waals surface area contributed by atoms with Crippen LogP contribution in [0, 0.1) is 5.41 Å². The first-order chi connectivity index (χ1) is 15.5. The van der Waals surface area contributed by atoms with E-state index >= 15 is 0 Å². The van der Waals surface area contributed by atoms with Gasteiger partial charge in [0, 0.05) is 6.42 Å². The first-order valence-corrected chi connectivity index (χ1v) is 12.7. The summed E-state index contributed by atoms with van der Waals surface area (Å²) in [6.07, 6.45) is 17.6. The Morgan fingerprint density at radius 1 is 0.938 bits per heavy atom. The monoisotopic (exact) mass is 438 g/mol. The molecule has 3 heteroatoms. The molecule has 0 amide bonds. The molecular formula is C29H42O3. The summed E-state index contributed by atoms with van der Waals surface area (Å²) >= 11 is 0. The number of esters is 1. The average Bonchev–Trinajstić information content (AvgIpc) is 2.82. The summed E-state index contributed by atoms with van der Waals surface area (Å²) in [7, 11) is 0. The lowest BCUT2D eigenvalue weighted by molar-refractivity contribution is -0.157. The summed E-state index contributed by atoms with van der Waals surface area (Å²) in [6.45, 7) is 6.07. The molecule has 32 heavy (non-hydrogen) atoms. The number of benzene rings is 1. The molecule has 0 radical (unpaired) electrons. The minimum atomic E-state index is -0.708. The molecule has 0 aromatic heterocycles. The third-order valence-corrected chi connectivity index (χ3v) is 6.50. The second-order valence-corrected chi connectivity index (χ2v) is 9.19. The van der Waals surface area contributed by atoms with Gasteiger partial charge in [-0.1, -0.05) is 114 Å². The second-order valence-electron chi connectivity index (χ2n) is 9.19. The van der Waals surface area contributed by atoms with Gasteiger partial charge in [-0.3, -0.25) is 9.59 Å². The fourth-order valence-corrected chi connectivity index (χ4v) is 4.47. The van der Waals surface area contributed by atoms with E-state index < -0.39 is 11.5 Å². The van der Waals surface area contributed by atoms with Crippen molar-refractivity contribution in [2.75, 3.05) is 0 Å². The van der Waals surface area contributed by atoms with Crippen molar-refractivity contribution in [3.8, 4) is 0 Å². The molecule has 2 unspecified atom stereocenters. The standard InChI is InChI=1S/C29H42O3/c1-4-6-8-9-10-15-21-29(28(31)24(3)32-27(30)18-12-7-5-2)22-19-26(20-23-29)25-16-13-11-14-17-25/h11,13-14,16-17,19-20,22,24H,4-10,12,15,18,21,23H2,1-3H3. The smallest absolute Gasteiger partial charge is 0.306 e. The van der Waals surface area contributed by atoms with Crippen LogP contribution in [0.1, 0.15) is 103 Å². The van der Waals surface area contributed by atoms with Crippen LogP contribution in [0.4, 0.5) is 0 Å². The van der Waals surface area contributed by atoms with E-state index in [4.69, 9.17) is 4.74 Å². The zero-order chi connectivity index (χ0) is 23.2. The van der Waals surface area contributed by atoms with Gasteiger partial charge in [-0.05, 0) is 37.3 Å². The minimum Gasteiger partial charge on any atom is -0.455 e. The summed E-state index contributed by atoms with van der Waals surface area (Å²) in [5.41, 5.74) is 1.74. The molecule has 1 aliphatic carbocycles. The third-order valence-electron chi connectivity index (χ3n) is 6.50. The van der Waals surface area contributed by atoms with E-state index in [-0.39, 0.29) is 11.8 Å². The molecule has 0 saturated heterocycles. The normalized spacial score (nSPS) is 18.8. The molecule has 3 nitrogen and oxygen atoms in total. The lowest BCUT2D eigenvalue weighted by Gasteiger charge is -2.33. The average molecular weight is 439 g/mol. The Hall–Kier alpha value is -2.16. The van der Waals surface area contributed by atoms with E-state index in [9.17, 15) is 9.59 Å². The van der Waals surface area contributed by atoms with Crippen LogP contribution in [0.2, 0.25) is 0 Å². The second kappa shape index (κ2) is 14.1. The van der Waals surface area contributed by atoms with Crippen molar-refractivity contribution in [3.05, 3.63) is 54.1 Å². The van der Waals surface area contributed by atoms with E-state index in [1.807, 2.05) is 18.2 Å². The van der Waals surface area contributed by atoms with Gasteiger partial charge in [-0.15, -0.1) is 0 Å². The summed E-state index contributed by atoms with van der Waals surface area (Å²) in [5, 5.41) is 0. The fraction of sp³-hybridized carbons (Fsp3) is 0.586. The van der Waals surface area contributed by atoms with Crippen molar-refractivity contribution in [2.45, 2.75) is 104 Å². The van der Waals surface area contributed by atoms with Crippen molar-refractivity contribution in [3.63, 3.8) is 0 Å². The van der Waals surface area contributed by atoms with Gasteiger partial charge in [-0.2, -0.15) is 0 Å². The van der Waals surface area contributed by atoms with Gasteiger partial charge in [0.2, 0.25) is 0 Å². The SMILES string of the molecule is CCCCCCCCC1(C(=O)C(C)OC(=O)CCCCC)C=CC(c2ccccc2)=CC1. The van der Waals surface area contributed by atoms with E-state index in [0.29, 0.717) is 12.8 Å². The maximum atomic E-state index is 13.5. The predicted molar refractivity (Wildman–Crippen MR) is 133 cm³/mol. The van der Waals surface area contributed by atoms with Crippen molar-refractivity contribution in [2.24, 2.45) is 5.41 Å². The van der Waals surface area contributed by atoms with Gasteiger partial charge in [0.15, 0.2) is 11.9 Å². The number of hydrogen-bond donors (Lipinski definition) is 0. The highest BCUT2D eigenvalue weighted by atomic mass is 16.5. The van der Waals surface area contributed by atoms with Gasteiger partial charge in [-0.25, -0.2) is 0 Å². The topological polar surface area (TPSA) is 43.4 Å². The molecular weight excluding hydrogens is 396 g/mol. The summed E-state index contributed by atoms with van der Waals surface area (Å²) < 4.78 is 5.56. The molecule has 0 N–H and O–H groups in total. The Morgan fingerprint density at radius 2 is 1.59 bits per heavy atom. The van der Waals surface area contributed by atoms with Crippen LogP contribution in [-0.4, -0.2) is 17.9 Å². The molecule has 0 heterocycles. The molecule has 0 aliphatic heterocycles. The number of unbranched alkanes of at least 4 members (excludes halogenated alkanes) is 7. The number of ether oxygens (including phenoxy) is 1. The van der Waals surface area contributed by atoms with Crippen molar-refractivity contribution < 1.29 is 14.3 Å². The Labute approximate surface area is 195 Å². The number of carbonyl (C=O) groups excluding carboxylic acids is 2. The molecule has 0 fully saturated rings. The molecule has 1 aliphatic rings. The number of Topliss-reactive ketones (excluding diaryl/α,β-unsaturated/α-hetero) is 1. The molecule has 2 atom stereocenters. The molecule has 1 aromatic rings. The van der Waals surface area contributed by atoms with Crippen LogP contribution < -0.4 is 0 Å². The number of rotatable bonds is 15. The van der Waals surface area contributed by atoms with Crippen LogP contribution in [0.15, 0.2) is 48.6 Å². The van der Waals surface area contributed by atoms with Crippen molar-refractivity contribution >= 4 is 17.3 Å². The van der Waals surface area contributed by atoms with Gasteiger partial charge >= 0.3 is 5.97 Å². The first kappa shape index (κ1) is 26.1. The third kappa shape index (κ3) is 8.07. The van der Waals surface area contributed by atoms with Crippen LogP contribution >= 0.6 is 0 Å². The van der Waals surface area contributed by atoms with Crippen LogP contribution in [-0.2, 0) is 14.3 Å². The largest absolute Gasteiger partial charge is 0.455 e. The fourth-order valence-electron chi connectivity index (χ4n) is 4.47. The Morgan fingerprint density at radius 3 is 2.25 bits per heavy atom. The number of hydrogen-bond acceptors (Lipinski definition) is 3. The summed E-state index contributed by atoms with van der Waals surface area (Å²) in [5.74, 6) is -0.219. The van der Waals surface area contributed by atoms with E-state index in [1.165, 1.54) is 31.2 Å². The Balaban J connectivity index is 2.05. The summed E-state index contributed by atoms with van der Waals surface area (Å²) in [4.78, 5) is 25.8. The zero-order valence-electron chi connectivity index (χ0n) is 20.4. The molecule has 2 rings (SSSR count). The number of ketones is 1. The maximum Gasteiger partial charge on any atom is 0.306 e. The number of allylic oxidation sites excluding steroid dienone is 4. The lowest BCUT2D eigenvalue weighted by Crippen LogP contribution is -2.39. The Kier molecular flexibility index (Phi) is 11.5. The highest BCUT2D eigenvalue weighted by Crippen LogP contribution is 2.40. The van der Waals surface area contributed by atoms with Gasteiger partial charge < -0.3 is 4.74 Å². The van der Waals surface area contributed by atoms with Crippen molar-refractivity contribution in [1.29, 1.82) is 0 Å². The highest BCUT2D eigenvalue weighted by Gasteiger charge is 2.39. The number of carbonyl (C=O) groups is 2. The van der Waals surface area contributed by atoms with Crippen LogP contribution in [0.25, 0.3) is 5.57 Å². The van der Waals surface area contributed by atoms with Crippen LogP contribution in [0.3, 0.4) is 0 Å². The maximum absolute atomic E-state index is 13.5. The van der Waals surface area contributed by atoms with Gasteiger partial charge in [0.05, 0.1) is 5.41 Å². The zero-order valence-corrected chi connectivity index (χ0v) is 20.4. The predicted octanol–water partition coefficient (Wildman–Crippen LogP) is 7.85. The molecule has 0 spiro atoms. The van der Waals surface area contributed by atoms with E-state index in [1.54, 1.807) is 6.92 Å². The molecule has 1 aromatic carbocycles. The van der Waals surface area contributed by atoms with Crippen LogP contribution in [0.5, 0.6) is 0 Å². The molecule has 176 valence electrons. The van der Waals surface area contributed by atoms with E-state index in [2.05, 4.69) is 44.2 Å².